The van der Waals surface area contributed by atoms with Crippen LogP contribution >= 0.6 is 15.9 Å². The van der Waals surface area contributed by atoms with Gasteiger partial charge >= 0.3 is 0 Å². The number of ether oxygens (including phenoxy) is 2. The number of halogens is 1. The van der Waals surface area contributed by atoms with Crippen LogP contribution < -0.4 is 9.47 Å². The summed E-state index contributed by atoms with van der Waals surface area (Å²) >= 11 is 3.43. The molecule has 0 N–H and O–H groups in total. The zero-order chi connectivity index (χ0) is 12.1. The largest absolute Gasteiger partial charge is 0.497 e. The van der Waals surface area contributed by atoms with Gasteiger partial charge in [0.1, 0.15) is 18.1 Å². The molecule has 2 aromatic rings. The summed E-state index contributed by atoms with van der Waals surface area (Å²) in [5.74, 6) is 1.59. The Balaban J connectivity index is 2.05. The summed E-state index contributed by atoms with van der Waals surface area (Å²) < 4.78 is 11.7. The lowest BCUT2D eigenvalue weighted by Gasteiger charge is -2.08. The molecule has 1 aromatic carbocycles. The molecular formula is C13H12BrNO2. The predicted molar refractivity (Wildman–Crippen MR) is 69.3 cm³/mol. The Labute approximate surface area is 109 Å². The highest BCUT2D eigenvalue weighted by Crippen LogP contribution is 2.24. The summed E-state index contributed by atoms with van der Waals surface area (Å²) in [4.78, 5) is 4.21. The van der Waals surface area contributed by atoms with Crippen LogP contribution in [0, 0.1) is 0 Å². The molecule has 0 bridgehead atoms. The van der Waals surface area contributed by atoms with Crippen LogP contribution in [0.15, 0.2) is 47.1 Å². The van der Waals surface area contributed by atoms with Crippen molar-refractivity contribution < 1.29 is 9.47 Å². The van der Waals surface area contributed by atoms with Crippen molar-refractivity contribution in [3.63, 3.8) is 0 Å². The SMILES string of the molecule is COc1ccnc(COc2ccccc2Br)c1. The highest BCUT2D eigenvalue weighted by atomic mass is 79.9. The molecule has 0 atom stereocenters. The molecule has 0 saturated carbocycles. The number of pyridine rings is 1. The molecule has 1 aromatic heterocycles. The molecule has 0 aliphatic carbocycles. The number of benzene rings is 1. The van der Waals surface area contributed by atoms with Gasteiger partial charge in [-0.25, -0.2) is 0 Å². The molecule has 0 aliphatic rings. The third kappa shape index (κ3) is 3.20. The van der Waals surface area contributed by atoms with Gasteiger partial charge in [-0.15, -0.1) is 0 Å². The number of hydrogen-bond acceptors (Lipinski definition) is 3. The quantitative estimate of drug-likeness (QED) is 0.865. The lowest BCUT2D eigenvalue weighted by molar-refractivity contribution is 0.298. The first kappa shape index (κ1) is 11.9. The fraction of sp³-hybridized carbons (Fsp3) is 0.154. The van der Waals surface area contributed by atoms with Crippen molar-refractivity contribution in [2.24, 2.45) is 0 Å². The van der Waals surface area contributed by atoms with Crippen molar-refractivity contribution in [1.82, 2.24) is 4.98 Å². The molecule has 17 heavy (non-hydrogen) atoms. The van der Waals surface area contributed by atoms with Crippen molar-refractivity contribution in [3.05, 3.63) is 52.8 Å². The zero-order valence-electron chi connectivity index (χ0n) is 9.39. The van der Waals surface area contributed by atoms with E-state index in [1.54, 1.807) is 13.3 Å². The molecule has 0 unspecified atom stereocenters. The fourth-order valence-electron chi connectivity index (χ4n) is 1.38. The lowest BCUT2D eigenvalue weighted by Crippen LogP contribution is -1.99. The summed E-state index contributed by atoms with van der Waals surface area (Å²) in [7, 11) is 1.63. The van der Waals surface area contributed by atoms with Crippen molar-refractivity contribution in [1.29, 1.82) is 0 Å². The minimum Gasteiger partial charge on any atom is -0.497 e. The standard InChI is InChI=1S/C13H12BrNO2/c1-16-11-6-7-15-10(8-11)9-17-13-5-3-2-4-12(13)14/h2-8H,9H2,1H3. The lowest BCUT2D eigenvalue weighted by atomic mass is 10.3. The Morgan fingerprint density at radius 3 is 2.82 bits per heavy atom. The Kier molecular flexibility index (Phi) is 3.98. The van der Waals surface area contributed by atoms with Crippen LogP contribution in [0.2, 0.25) is 0 Å². The van der Waals surface area contributed by atoms with Gasteiger partial charge < -0.3 is 9.47 Å². The molecule has 0 saturated heterocycles. The van der Waals surface area contributed by atoms with Crippen LogP contribution in [0.25, 0.3) is 0 Å². The Bertz CT molecular complexity index is 502. The monoisotopic (exact) mass is 293 g/mol. The van der Waals surface area contributed by atoms with Crippen molar-refractivity contribution in [3.8, 4) is 11.5 Å². The van der Waals surface area contributed by atoms with E-state index in [9.17, 15) is 0 Å². The van der Waals surface area contributed by atoms with Crippen LogP contribution in [0.1, 0.15) is 5.69 Å². The van der Waals surface area contributed by atoms with Crippen molar-refractivity contribution in [2.45, 2.75) is 6.61 Å². The first-order chi connectivity index (χ1) is 8.29. The maximum atomic E-state index is 5.66. The summed E-state index contributed by atoms with van der Waals surface area (Å²) in [6.45, 7) is 0.416. The summed E-state index contributed by atoms with van der Waals surface area (Å²) in [6, 6.07) is 11.4. The third-order valence-electron chi connectivity index (χ3n) is 2.24. The van der Waals surface area contributed by atoms with Gasteiger partial charge in [-0.3, -0.25) is 4.98 Å². The van der Waals surface area contributed by atoms with Crippen molar-refractivity contribution in [2.75, 3.05) is 7.11 Å². The van der Waals surface area contributed by atoms with Gasteiger partial charge in [-0.2, -0.15) is 0 Å². The van der Waals surface area contributed by atoms with Gasteiger partial charge in [0.2, 0.25) is 0 Å². The van der Waals surface area contributed by atoms with E-state index in [1.165, 1.54) is 0 Å². The summed E-state index contributed by atoms with van der Waals surface area (Å²) in [6.07, 6.45) is 1.71. The zero-order valence-corrected chi connectivity index (χ0v) is 11.0. The van der Waals surface area contributed by atoms with Crippen molar-refractivity contribution >= 4 is 15.9 Å². The van der Waals surface area contributed by atoms with Crippen LogP contribution in [0.4, 0.5) is 0 Å². The van der Waals surface area contributed by atoms with E-state index < -0.39 is 0 Å². The van der Waals surface area contributed by atoms with E-state index >= 15 is 0 Å². The molecular weight excluding hydrogens is 282 g/mol. The first-order valence-electron chi connectivity index (χ1n) is 5.16. The molecule has 0 aliphatic heterocycles. The van der Waals surface area contributed by atoms with Crippen LogP contribution in [0.3, 0.4) is 0 Å². The smallest absolute Gasteiger partial charge is 0.134 e. The number of nitrogens with zero attached hydrogens (tertiary/aromatic N) is 1. The van der Waals surface area contributed by atoms with E-state index in [-0.39, 0.29) is 0 Å². The Morgan fingerprint density at radius 2 is 2.06 bits per heavy atom. The number of para-hydroxylation sites is 1. The van der Waals surface area contributed by atoms with Gasteiger partial charge in [-0.05, 0) is 34.1 Å². The highest BCUT2D eigenvalue weighted by Gasteiger charge is 2.02. The number of methoxy groups -OCH3 is 1. The van der Waals surface area contributed by atoms with Gasteiger partial charge in [0.05, 0.1) is 17.3 Å². The molecule has 88 valence electrons. The second kappa shape index (κ2) is 5.68. The van der Waals surface area contributed by atoms with Gasteiger partial charge in [0.15, 0.2) is 0 Å². The average Bonchev–Trinajstić information content (AvgIpc) is 2.38. The molecule has 3 nitrogen and oxygen atoms in total. The summed E-state index contributed by atoms with van der Waals surface area (Å²) in [5, 5.41) is 0. The second-order valence-electron chi connectivity index (χ2n) is 3.41. The number of aromatic nitrogens is 1. The molecule has 0 spiro atoms. The van der Waals surface area contributed by atoms with Crippen LogP contribution in [-0.2, 0) is 6.61 Å². The molecule has 4 heteroatoms. The molecule has 0 amide bonds. The second-order valence-corrected chi connectivity index (χ2v) is 4.26. The topological polar surface area (TPSA) is 31.4 Å². The minimum atomic E-state index is 0.416. The number of rotatable bonds is 4. The average molecular weight is 294 g/mol. The van der Waals surface area contributed by atoms with Gasteiger partial charge in [0.25, 0.3) is 0 Å². The van der Waals surface area contributed by atoms with Crippen LogP contribution in [0.5, 0.6) is 11.5 Å². The predicted octanol–water partition coefficient (Wildman–Crippen LogP) is 3.43. The van der Waals surface area contributed by atoms with E-state index in [4.69, 9.17) is 9.47 Å². The normalized spacial score (nSPS) is 10.0. The first-order valence-corrected chi connectivity index (χ1v) is 5.95. The van der Waals surface area contributed by atoms with E-state index in [1.807, 2.05) is 36.4 Å². The molecule has 0 radical (unpaired) electrons. The summed E-state index contributed by atoms with van der Waals surface area (Å²) in [5.41, 5.74) is 0.833. The van der Waals surface area contributed by atoms with Crippen LogP contribution in [-0.4, -0.2) is 12.1 Å². The van der Waals surface area contributed by atoms with E-state index in [0.717, 1.165) is 21.7 Å². The fourth-order valence-corrected chi connectivity index (χ4v) is 1.77. The molecule has 0 fully saturated rings. The highest BCUT2D eigenvalue weighted by molar-refractivity contribution is 9.10. The Morgan fingerprint density at radius 1 is 1.24 bits per heavy atom. The maximum absolute atomic E-state index is 5.66. The Hall–Kier alpha value is -1.55. The van der Waals surface area contributed by atoms with Gasteiger partial charge in [0, 0.05) is 12.3 Å². The maximum Gasteiger partial charge on any atom is 0.134 e. The van der Waals surface area contributed by atoms with E-state index in [0.29, 0.717) is 6.61 Å². The molecule has 2 rings (SSSR count). The van der Waals surface area contributed by atoms with E-state index in [2.05, 4.69) is 20.9 Å². The molecule has 1 heterocycles. The third-order valence-corrected chi connectivity index (χ3v) is 2.89. The van der Waals surface area contributed by atoms with Gasteiger partial charge in [-0.1, -0.05) is 12.1 Å². The number of hydrogen-bond donors (Lipinski definition) is 0. The minimum absolute atomic E-state index is 0.416.